The van der Waals surface area contributed by atoms with Crippen LogP contribution in [0.4, 0.5) is 0 Å². The second-order valence-electron chi connectivity index (χ2n) is 8.18. The van der Waals surface area contributed by atoms with Crippen LogP contribution < -0.4 is 0 Å². The molecule has 4 rings (SSSR count). The van der Waals surface area contributed by atoms with Gasteiger partial charge in [-0.2, -0.15) is 4.31 Å². The highest BCUT2D eigenvalue weighted by Crippen LogP contribution is 2.26. The van der Waals surface area contributed by atoms with Crippen molar-refractivity contribution < 1.29 is 13.2 Å². The van der Waals surface area contributed by atoms with Gasteiger partial charge in [0.2, 0.25) is 15.9 Å². The fraction of sp³-hybridized carbons (Fsp3) is 0.435. The summed E-state index contributed by atoms with van der Waals surface area (Å²) in [5, 5.41) is 0.776. The summed E-state index contributed by atoms with van der Waals surface area (Å²) >= 11 is 6.27. The van der Waals surface area contributed by atoms with Crippen LogP contribution in [0.15, 0.2) is 59.5 Å². The number of piperazine rings is 1. The average Bonchev–Trinajstić information content (AvgIpc) is 2.81. The molecule has 0 atom stereocenters. The number of amides is 1. The van der Waals surface area contributed by atoms with Crippen molar-refractivity contribution in [3.8, 4) is 0 Å². The molecule has 2 saturated heterocycles. The van der Waals surface area contributed by atoms with Crippen molar-refractivity contribution in [3.63, 3.8) is 0 Å². The molecule has 0 aromatic heterocycles. The van der Waals surface area contributed by atoms with Crippen molar-refractivity contribution >= 4 is 27.5 Å². The molecule has 0 saturated carbocycles. The maximum atomic E-state index is 13.0. The first kappa shape index (κ1) is 22.3. The molecule has 2 aliphatic heterocycles. The Balaban J connectivity index is 1.27. The highest BCUT2D eigenvalue weighted by atomic mass is 35.5. The monoisotopic (exact) mass is 461 g/mol. The van der Waals surface area contributed by atoms with Crippen molar-refractivity contribution in [2.75, 3.05) is 39.3 Å². The predicted octanol–water partition coefficient (Wildman–Crippen LogP) is 3.09. The molecule has 0 unspecified atom stereocenters. The van der Waals surface area contributed by atoms with Gasteiger partial charge < -0.3 is 4.90 Å². The average molecular weight is 462 g/mol. The zero-order chi connectivity index (χ0) is 21.8. The summed E-state index contributed by atoms with van der Waals surface area (Å²) in [4.78, 5) is 17.6. The minimum absolute atomic E-state index is 0.0997. The molecular weight excluding hydrogens is 434 g/mol. The van der Waals surface area contributed by atoms with E-state index in [0.29, 0.717) is 43.9 Å². The van der Waals surface area contributed by atoms with Crippen LogP contribution in [-0.2, 0) is 21.4 Å². The van der Waals surface area contributed by atoms with Crippen molar-refractivity contribution in [2.24, 2.45) is 5.92 Å². The van der Waals surface area contributed by atoms with E-state index in [1.54, 1.807) is 30.3 Å². The fourth-order valence-electron chi connectivity index (χ4n) is 4.34. The maximum absolute atomic E-state index is 13.0. The van der Waals surface area contributed by atoms with Crippen molar-refractivity contribution in [1.29, 1.82) is 0 Å². The summed E-state index contributed by atoms with van der Waals surface area (Å²) in [6.45, 7) is 4.60. The van der Waals surface area contributed by atoms with Crippen LogP contribution in [0.3, 0.4) is 0 Å². The normalized spacial score (nSPS) is 19.5. The van der Waals surface area contributed by atoms with Gasteiger partial charge in [0.15, 0.2) is 0 Å². The van der Waals surface area contributed by atoms with Crippen LogP contribution >= 0.6 is 11.6 Å². The predicted molar refractivity (Wildman–Crippen MR) is 121 cm³/mol. The third-order valence-corrected chi connectivity index (χ3v) is 8.50. The van der Waals surface area contributed by atoms with Gasteiger partial charge in [0.05, 0.1) is 4.90 Å². The summed E-state index contributed by atoms with van der Waals surface area (Å²) in [5.41, 5.74) is 1.11. The molecule has 2 fully saturated rings. The minimum Gasteiger partial charge on any atom is -0.340 e. The Kier molecular flexibility index (Phi) is 6.96. The Morgan fingerprint density at radius 1 is 0.871 bits per heavy atom. The van der Waals surface area contributed by atoms with Crippen LogP contribution in [0.1, 0.15) is 18.4 Å². The van der Waals surface area contributed by atoms with Crippen molar-refractivity contribution in [1.82, 2.24) is 14.1 Å². The Bertz CT molecular complexity index is 1000. The number of sulfonamides is 1. The molecule has 2 aliphatic rings. The molecule has 6 nitrogen and oxygen atoms in total. The van der Waals surface area contributed by atoms with E-state index in [-0.39, 0.29) is 11.8 Å². The van der Waals surface area contributed by atoms with Gasteiger partial charge in [-0.15, -0.1) is 0 Å². The number of rotatable bonds is 5. The second-order valence-corrected chi connectivity index (χ2v) is 10.5. The van der Waals surface area contributed by atoms with Gasteiger partial charge in [-0.1, -0.05) is 48.0 Å². The number of benzene rings is 2. The van der Waals surface area contributed by atoms with Gasteiger partial charge in [-0.25, -0.2) is 8.42 Å². The van der Waals surface area contributed by atoms with Crippen molar-refractivity contribution in [2.45, 2.75) is 24.3 Å². The number of nitrogens with zero attached hydrogens (tertiary/aromatic N) is 3. The molecule has 8 heteroatoms. The molecule has 166 valence electrons. The second kappa shape index (κ2) is 9.69. The molecule has 0 aliphatic carbocycles. The zero-order valence-corrected chi connectivity index (χ0v) is 19.1. The number of carbonyl (C=O) groups excluding carboxylic acids is 1. The topological polar surface area (TPSA) is 60.9 Å². The number of piperidine rings is 1. The molecular formula is C23H28ClN3O3S. The van der Waals surface area contributed by atoms with Gasteiger partial charge >= 0.3 is 0 Å². The number of hydrogen-bond donors (Lipinski definition) is 0. The lowest BCUT2D eigenvalue weighted by Crippen LogP contribution is -2.51. The van der Waals surface area contributed by atoms with E-state index in [0.717, 1.165) is 30.2 Å². The Labute approximate surface area is 189 Å². The number of hydrogen-bond acceptors (Lipinski definition) is 4. The lowest BCUT2D eigenvalue weighted by molar-refractivity contribution is -0.138. The molecule has 0 radical (unpaired) electrons. The van der Waals surface area contributed by atoms with Gasteiger partial charge in [0.25, 0.3) is 0 Å². The molecule has 1 amide bonds. The first-order valence-electron chi connectivity index (χ1n) is 10.7. The maximum Gasteiger partial charge on any atom is 0.243 e. The summed E-state index contributed by atoms with van der Waals surface area (Å²) in [6.07, 6.45) is 1.15. The summed E-state index contributed by atoms with van der Waals surface area (Å²) in [5.74, 6) is 0.0616. The molecule has 0 bridgehead atoms. The van der Waals surface area contributed by atoms with E-state index in [1.807, 2.05) is 29.2 Å². The smallest absolute Gasteiger partial charge is 0.243 e. The minimum atomic E-state index is -3.49. The van der Waals surface area contributed by atoms with Crippen LogP contribution in [0, 0.1) is 5.92 Å². The zero-order valence-electron chi connectivity index (χ0n) is 17.5. The third-order valence-electron chi connectivity index (χ3n) is 6.22. The SMILES string of the molecule is O=C(C1CCN(S(=O)(=O)c2ccccc2)CC1)N1CCN(Cc2ccccc2Cl)CC1. The van der Waals surface area contributed by atoms with E-state index < -0.39 is 10.0 Å². The Morgan fingerprint density at radius 2 is 1.48 bits per heavy atom. The molecule has 0 spiro atoms. The van der Waals surface area contributed by atoms with E-state index in [1.165, 1.54) is 4.31 Å². The highest BCUT2D eigenvalue weighted by Gasteiger charge is 2.34. The summed E-state index contributed by atoms with van der Waals surface area (Å²) in [6, 6.07) is 16.4. The first-order valence-corrected chi connectivity index (χ1v) is 12.6. The molecule has 31 heavy (non-hydrogen) atoms. The van der Waals surface area contributed by atoms with E-state index in [9.17, 15) is 13.2 Å². The summed E-state index contributed by atoms with van der Waals surface area (Å²) < 4.78 is 27.1. The van der Waals surface area contributed by atoms with E-state index >= 15 is 0 Å². The van der Waals surface area contributed by atoms with Crippen LogP contribution in [0.25, 0.3) is 0 Å². The highest BCUT2D eigenvalue weighted by molar-refractivity contribution is 7.89. The van der Waals surface area contributed by atoms with Crippen LogP contribution in [0.5, 0.6) is 0 Å². The number of carbonyl (C=O) groups is 1. The van der Waals surface area contributed by atoms with Crippen LogP contribution in [-0.4, -0.2) is 67.7 Å². The van der Waals surface area contributed by atoms with Crippen molar-refractivity contribution in [3.05, 3.63) is 65.2 Å². The fourth-order valence-corrected chi connectivity index (χ4v) is 6.02. The third kappa shape index (κ3) is 5.12. The van der Waals surface area contributed by atoms with Gasteiger partial charge in [0.1, 0.15) is 0 Å². The van der Waals surface area contributed by atoms with Gasteiger partial charge in [-0.05, 0) is 36.6 Å². The molecule has 0 N–H and O–H groups in total. The largest absolute Gasteiger partial charge is 0.340 e. The Morgan fingerprint density at radius 3 is 2.13 bits per heavy atom. The quantitative estimate of drug-likeness (QED) is 0.686. The van der Waals surface area contributed by atoms with E-state index in [4.69, 9.17) is 11.6 Å². The van der Waals surface area contributed by atoms with Crippen LogP contribution in [0.2, 0.25) is 5.02 Å². The molecule has 2 heterocycles. The van der Waals surface area contributed by atoms with E-state index in [2.05, 4.69) is 4.90 Å². The number of halogens is 1. The molecule has 2 aromatic carbocycles. The lowest BCUT2D eigenvalue weighted by atomic mass is 9.96. The lowest BCUT2D eigenvalue weighted by Gasteiger charge is -2.38. The summed E-state index contributed by atoms with van der Waals surface area (Å²) in [7, 11) is -3.49. The van der Waals surface area contributed by atoms with Gasteiger partial charge in [0, 0.05) is 56.8 Å². The first-order chi connectivity index (χ1) is 14.9. The van der Waals surface area contributed by atoms with Gasteiger partial charge in [-0.3, -0.25) is 9.69 Å². The standard InChI is InChI=1S/C23H28ClN3O3S/c24-22-9-5-4-6-20(22)18-25-14-16-26(17-15-25)23(28)19-10-12-27(13-11-19)31(29,30)21-7-2-1-3-8-21/h1-9,19H,10-18H2. The Hall–Kier alpha value is -1.93. The molecule has 2 aromatic rings.